The second kappa shape index (κ2) is 6.97. The maximum absolute atomic E-state index is 12.1. The number of rotatable bonds is 5. The lowest BCUT2D eigenvalue weighted by Gasteiger charge is -2.24. The number of carbonyl (C=O) groups excluding carboxylic acids is 1. The topological polar surface area (TPSA) is 108 Å². The van der Waals surface area contributed by atoms with Crippen molar-refractivity contribution in [3.63, 3.8) is 0 Å². The van der Waals surface area contributed by atoms with Gasteiger partial charge in [-0.3, -0.25) is 4.79 Å². The Morgan fingerprint density at radius 2 is 2.10 bits per heavy atom. The molecule has 1 saturated heterocycles. The van der Waals surface area contributed by atoms with Gasteiger partial charge < -0.3 is 30.1 Å². The zero-order valence-corrected chi connectivity index (χ0v) is 11.5. The lowest BCUT2D eigenvalue weighted by molar-refractivity contribution is -0.141. The first-order valence-corrected chi connectivity index (χ1v) is 6.59. The average molecular weight is 297 g/mol. The van der Waals surface area contributed by atoms with Gasteiger partial charge in [0.2, 0.25) is 0 Å². The standard InChI is InChI=1S/C14H19NO6/c1-20-12-10(14(19)21-11(12)9(17)7-16)15-13(18)8-5-3-2-4-6-8/h2-6,9-12,14,16-17,19H,7H2,1H3,(H,15,18). The van der Waals surface area contributed by atoms with E-state index in [2.05, 4.69) is 5.32 Å². The molecule has 1 aromatic rings. The Hall–Kier alpha value is -1.51. The fourth-order valence-electron chi connectivity index (χ4n) is 2.36. The molecule has 7 nitrogen and oxygen atoms in total. The Labute approximate surface area is 122 Å². The molecule has 0 radical (unpaired) electrons. The van der Waals surface area contributed by atoms with E-state index in [1.54, 1.807) is 30.3 Å². The van der Waals surface area contributed by atoms with E-state index >= 15 is 0 Å². The second-order valence-corrected chi connectivity index (χ2v) is 4.81. The van der Waals surface area contributed by atoms with Gasteiger partial charge >= 0.3 is 0 Å². The molecule has 5 atom stereocenters. The SMILES string of the molecule is COC1C(NC(=O)c2ccccc2)C(O)OC1C(O)CO. The van der Waals surface area contributed by atoms with Gasteiger partial charge in [-0.1, -0.05) is 18.2 Å². The van der Waals surface area contributed by atoms with Crippen molar-refractivity contribution < 1.29 is 29.6 Å². The second-order valence-electron chi connectivity index (χ2n) is 4.81. The minimum Gasteiger partial charge on any atom is -0.394 e. The van der Waals surface area contributed by atoms with Gasteiger partial charge in [0, 0.05) is 12.7 Å². The van der Waals surface area contributed by atoms with Gasteiger partial charge in [-0.2, -0.15) is 0 Å². The summed E-state index contributed by atoms with van der Waals surface area (Å²) in [6.45, 7) is -0.531. The molecular formula is C14H19NO6. The smallest absolute Gasteiger partial charge is 0.251 e. The monoisotopic (exact) mass is 297 g/mol. The summed E-state index contributed by atoms with van der Waals surface area (Å²) in [6, 6.07) is 7.67. The number of hydrogen-bond donors (Lipinski definition) is 4. The number of carbonyl (C=O) groups is 1. The molecule has 1 aromatic carbocycles. The van der Waals surface area contributed by atoms with Gasteiger partial charge in [-0.05, 0) is 12.1 Å². The van der Waals surface area contributed by atoms with Crippen molar-refractivity contribution in [3.05, 3.63) is 35.9 Å². The molecule has 0 bridgehead atoms. The number of aliphatic hydroxyl groups excluding tert-OH is 3. The van der Waals surface area contributed by atoms with Crippen LogP contribution in [0.15, 0.2) is 30.3 Å². The minimum atomic E-state index is -1.33. The first-order chi connectivity index (χ1) is 10.1. The van der Waals surface area contributed by atoms with E-state index in [1.165, 1.54) is 7.11 Å². The summed E-state index contributed by atoms with van der Waals surface area (Å²) in [5, 5.41) is 31.2. The maximum Gasteiger partial charge on any atom is 0.251 e. The van der Waals surface area contributed by atoms with E-state index in [1.807, 2.05) is 0 Å². The van der Waals surface area contributed by atoms with Crippen LogP contribution in [0, 0.1) is 0 Å². The lowest BCUT2D eigenvalue weighted by atomic mass is 10.0. The number of hydrogen-bond acceptors (Lipinski definition) is 6. The maximum atomic E-state index is 12.1. The number of amides is 1. The number of nitrogens with one attached hydrogen (secondary N) is 1. The highest BCUT2D eigenvalue weighted by Gasteiger charge is 2.47. The number of aliphatic hydroxyl groups is 3. The van der Waals surface area contributed by atoms with Crippen LogP contribution in [-0.4, -0.2) is 65.6 Å². The predicted octanol–water partition coefficient (Wildman–Crippen LogP) is -1.13. The summed E-state index contributed by atoms with van der Waals surface area (Å²) in [7, 11) is 1.38. The normalized spacial score (nSPS) is 30.1. The van der Waals surface area contributed by atoms with Gasteiger partial charge in [0.15, 0.2) is 6.29 Å². The molecular weight excluding hydrogens is 278 g/mol. The van der Waals surface area contributed by atoms with Crippen molar-refractivity contribution in [1.29, 1.82) is 0 Å². The minimum absolute atomic E-state index is 0.385. The molecule has 5 unspecified atom stereocenters. The highest BCUT2D eigenvalue weighted by Crippen LogP contribution is 2.25. The molecule has 1 heterocycles. The predicted molar refractivity (Wildman–Crippen MR) is 72.5 cm³/mol. The van der Waals surface area contributed by atoms with Crippen molar-refractivity contribution in [3.8, 4) is 0 Å². The molecule has 21 heavy (non-hydrogen) atoms. The van der Waals surface area contributed by atoms with Crippen molar-refractivity contribution in [2.75, 3.05) is 13.7 Å². The van der Waals surface area contributed by atoms with E-state index in [0.717, 1.165) is 0 Å². The first kappa shape index (κ1) is 15.9. The van der Waals surface area contributed by atoms with Gasteiger partial charge in [0.05, 0.1) is 6.61 Å². The van der Waals surface area contributed by atoms with E-state index in [4.69, 9.17) is 14.6 Å². The molecule has 1 aliphatic rings. The van der Waals surface area contributed by atoms with Gasteiger partial charge in [0.25, 0.3) is 5.91 Å². The largest absolute Gasteiger partial charge is 0.394 e. The van der Waals surface area contributed by atoms with Crippen LogP contribution in [0.4, 0.5) is 0 Å². The quantitative estimate of drug-likeness (QED) is 0.548. The van der Waals surface area contributed by atoms with Crippen LogP contribution >= 0.6 is 0 Å². The van der Waals surface area contributed by atoms with Crippen LogP contribution in [0.1, 0.15) is 10.4 Å². The third-order valence-electron chi connectivity index (χ3n) is 3.45. The molecule has 4 N–H and O–H groups in total. The van der Waals surface area contributed by atoms with E-state index in [0.29, 0.717) is 5.56 Å². The molecule has 1 fully saturated rings. The summed E-state index contributed by atoms with van der Waals surface area (Å²) in [5.41, 5.74) is 0.436. The molecule has 1 amide bonds. The summed E-state index contributed by atoms with van der Waals surface area (Å²) in [6.07, 6.45) is -4.22. The van der Waals surface area contributed by atoms with Gasteiger partial charge in [-0.15, -0.1) is 0 Å². The van der Waals surface area contributed by atoms with Gasteiger partial charge in [-0.25, -0.2) is 0 Å². The summed E-state index contributed by atoms with van der Waals surface area (Å²) in [5.74, 6) is -0.385. The molecule has 0 aliphatic carbocycles. The molecule has 0 aromatic heterocycles. The van der Waals surface area contributed by atoms with Crippen molar-refractivity contribution in [2.24, 2.45) is 0 Å². The van der Waals surface area contributed by atoms with Crippen LogP contribution in [0.25, 0.3) is 0 Å². The molecule has 116 valence electrons. The summed E-state index contributed by atoms with van der Waals surface area (Å²) >= 11 is 0. The zero-order valence-electron chi connectivity index (χ0n) is 11.5. The molecule has 0 saturated carbocycles. The number of ether oxygens (including phenoxy) is 2. The Morgan fingerprint density at radius 1 is 1.43 bits per heavy atom. The van der Waals surface area contributed by atoms with Crippen molar-refractivity contribution >= 4 is 5.91 Å². The molecule has 1 aliphatic heterocycles. The number of methoxy groups -OCH3 is 1. The van der Waals surface area contributed by atoms with E-state index in [9.17, 15) is 15.0 Å². The fourth-order valence-corrected chi connectivity index (χ4v) is 2.36. The third kappa shape index (κ3) is 3.39. The van der Waals surface area contributed by atoms with Crippen LogP contribution in [-0.2, 0) is 9.47 Å². The van der Waals surface area contributed by atoms with Crippen molar-refractivity contribution in [2.45, 2.75) is 30.6 Å². The zero-order chi connectivity index (χ0) is 15.4. The van der Waals surface area contributed by atoms with Crippen LogP contribution in [0.2, 0.25) is 0 Å². The van der Waals surface area contributed by atoms with E-state index < -0.39 is 37.3 Å². The lowest BCUT2D eigenvalue weighted by Crippen LogP contribution is -2.50. The molecule has 7 heteroatoms. The van der Waals surface area contributed by atoms with Crippen LogP contribution < -0.4 is 5.32 Å². The Kier molecular flexibility index (Phi) is 5.27. The Balaban J connectivity index is 2.09. The summed E-state index contributed by atoms with van der Waals surface area (Å²) < 4.78 is 10.4. The van der Waals surface area contributed by atoms with Crippen molar-refractivity contribution in [1.82, 2.24) is 5.32 Å². The third-order valence-corrected chi connectivity index (χ3v) is 3.45. The summed E-state index contributed by atoms with van der Waals surface area (Å²) in [4.78, 5) is 12.1. The fraction of sp³-hybridized carbons (Fsp3) is 0.500. The van der Waals surface area contributed by atoms with Crippen LogP contribution in [0.5, 0.6) is 0 Å². The highest BCUT2D eigenvalue weighted by atomic mass is 16.6. The molecule has 0 spiro atoms. The molecule has 2 rings (SSSR count). The Bertz CT molecular complexity index is 468. The highest BCUT2D eigenvalue weighted by molar-refractivity contribution is 5.94. The van der Waals surface area contributed by atoms with Crippen LogP contribution in [0.3, 0.4) is 0 Å². The first-order valence-electron chi connectivity index (χ1n) is 6.59. The average Bonchev–Trinajstić information content (AvgIpc) is 2.83. The van der Waals surface area contributed by atoms with E-state index in [-0.39, 0.29) is 5.91 Å². The number of benzene rings is 1. The Morgan fingerprint density at radius 3 is 2.67 bits per heavy atom. The van der Waals surface area contributed by atoms with Gasteiger partial charge in [0.1, 0.15) is 24.4 Å².